The molecule has 0 bridgehead atoms. The van der Waals surface area contributed by atoms with E-state index in [9.17, 15) is 9.90 Å². The molecule has 2 rings (SSSR count). The van der Waals surface area contributed by atoms with Crippen LogP contribution in [-0.2, 0) is 4.79 Å². The lowest BCUT2D eigenvalue weighted by molar-refractivity contribution is -0.121. The average molecular weight is 236 g/mol. The van der Waals surface area contributed by atoms with E-state index in [0.717, 1.165) is 6.42 Å². The van der Waals surface area contributed by atoms with Crippen LogP contribution in [0, 0.1) is 17.3 Å². The standard InChI is InChI=1S/C15H24O2/c1-10-6-5-7-11-8-13(16)12(14(2,3)17)9-15(10,11)4/h9-11,17H,5-8H2,1-4H3/t10-,11+,15+/m1/s1. The SMILES string of the molecule is C[C@@H]1CCC[C@H]2CC(=O)C(C(C)(C)O)=C[C@]21C. The zero-order valence-corrected chi connectivity index (χ0v) is 11.4. The Hall–Kier alpha value is -0.630. The molecule has 2 heteroatoms. The molecule has 0 aromatic rings. The van der Waals surface area contributed by atoms with Gasteiger partial charge in [0, 0.05) is 12.0 Å². The van der Waals surface area contributed by atoms with Crippen LogP contribution in [0.15, 0.2) is 11.6 Å². The molecule has 1 fully saturated rings. The number of carbonyl (C=O) groups is 1. The molecule has 2 nitrogen and oxygen atoms in total. The molecule has 0 saturated heterocycles. The summed E-state index contributed by atoms with van der Waals surface area (Å²) < 4.78 is 0. The van der Waals surface area contributed by atoms with Gasteiger partial charge in [0.25, 0.3) is 0 Å². The van der Waals surface area contributed by atoms with E-state index in [2.05, 4.69) is 19.9 Å². The smallest absolute Gasteiger partial charge is 0.161 e. The highest BCUT2D eigenvalue weighted by Gasteiger charge is 2.46. The minimum Gasteiger partial charge on any atom is -0.386 e. The molecule has 1 saturated carbocycles. The van der Waals surface area contributed by atoms with Crippen molar-refractivity contribution in [3.8, 4) is 0 Å². The Bertz CT molecular complexity index is 362. The van der Waals surface area contributed by atoms with Crippen molar-refractivity contribution in [2.45, 2.75) is 59.0 Å². The molecule has 0 amide bonds. The van der Waals surface area contributed by atoms with Gasteiger partial charge in [-0.05, 0) is 43.9 Å². The molecule has 96 valence electrons. The number of hydrogen-bond donors (Lipinski definition) is 1. The molecule has 0 aliphatic heterocycles. The Kier molecular flexibility index (Phi) is 2.97. The van der Waals surface area contributed by atoms with Gasteiger partial charge in [-0.25, -0.2) is 0 Å². The molecule has 1 N–H and O–H groups in total. The van der Waals surface area contributed by atoms with Crippen molar-refractivity contribution in [1.82, 2.24) is 0 Å². The molecule has 0 aromatic carbocycles. The first-order valence-corrected chi connectivity index (χ1v) is 6.74. The minimum absolute atomic E-state index is 0.0987. The van der Waals surface area contributed by atoms with Gasteiger partial charge >= 0.3 is 0 Å². The van der Waals surface area contributed by atoms with Crippen molar-refractivity contribution in [2.75, 3.05) is 0 Å². The normalized spacial score (nSPS) is 38.6. The van der Waals surface area contributed by atoms with Crippen LogP contribution in [0.3, 0.4) is 0 Å². The van der Waals surface area contributed by atoms with Gasteiger partial charge in [-0.3, -0.25) is 4.79 Å². The van der Waals surface area contributed by atoms with E-state index in [1.165, 1.54) is 12.8 Å². The topological polar surface area (TPSA) is 37.3 Å². The predicted molar refractivity (Wildman–Crippen MR) is 68.6 cm³/mol. The van der Waals surface area contributed by atoms with Crippen LogP contribution in [0.5, 0.6) is 0 Å². The van der Waals surface area contributed by atoms with Gasteiger partial charge in [0.1, 0.15) is 0 Å². The highest BCUT2D eigenvalue weighted by Crippen LogP contribution is 2.51. The van der Waals surface area contributed by atoms with Gasteiger partial charge in [-0.1, -0.05) is 26.3 Å². The van der Waals surface area contributed by atoms with Crippen LogP contribution in [-0.4, -0.2) is 16.5 Å². The zero-order valence-electron chi connectivity index (χ0n) is 11.4. The number of Topliss-reactive ketones (excluding diaryl/α,β-unsaturated/α-hetero) is 1. The molecular formula is C15H24O2. The Morgan fingerprint density at radius 2 is 2.06 bits per heavy atom. The van der Waals surface area contributed by atoms with E-state index in [4.69, 9.17) is 0 Å². The van der Waals surface area contributed by atoms with Crippen LogP contribution in [0.25, 0.3) is 0 Å². The lowest BCUT2D eigenvalue weighted by atomic mass is 9.56. The Balaban J connectivity index is 2.43. The van der Waals surface area contributed by atoms with Crippen molar-refractivity contribution in [1.29, 1.82) is 0 Å². The van der Waals surface area contributed by atoms with Gasteiger partial charge in [-0.15, -0.1) is 0 Å². The van der Waals surface area contributed by atoms with Crippen molar-refractivity contribution < 1.29 is 9.90 Å². The highest BCUT2D eigenvalue weighted by molar-refractivity contribution is 5.98. The summed E-state index contributed by atoms with van der Waals surface area (Å²) in [4.78, 5) is 12.1. The predicted octanol–water partition coefficient (Wildman–Crippen LogP) is 3.10. The molecule has 0 aromatic heterocycles. The number of hydrogen-bond acceptors (Lipinski definition) is 2. The fraction of sp³-hybridized carbons (Fsp3) is 0.800. The number of aliphatic hydroxyl groups is 1. The fourth-order valence-electron chi connectivity index (χ4n) is 3.52. The maximum absolute atomic E-state index is 12.1. The van der Waals surface area contributed by atoms with Crippen LogP contribution in [0.2, 0.25) is 0 Å². The number of fused-ring (bicyclic) bond motifs is 1. The van der Waals surface area contributed by atoms with Crippen LogP contribution < -0.4 is 0 Å². The summed E-state index contributed by atoms with van der Waals surface area (Å²) in [6.45, 7) is 7.97. The second kappa shape index (κ2) is 3.94. The van der Waals surface area contributed by atoms with Gasteiger partial charge in [0.2, 0.25) is 0 Å². The van der Waals surface area contributed by atoms with Crippen molar-refractivity contribution in [3.05, 3.63) is 11.6 Å². The molecule has 0 spiro atoms. The van der Waals surface area contributed by atoms with E-state index in [-0.39, 0.29) is 11.2 Å². The summed E-state index contributed by atoms with van der Waals surface area (Å²) in [5.41, 5.74) is -0.269. The number of ketones is 1. The lowest BCUT2D eigenvalue weighted by Gasteiger charge is -2.48. The van der Waals surface area contributed by atoms with Crippen LogP contribution in [0.1, 0.15) is 53.4 Å². The summed E-state index contributed by atoms with van der Waals surface area (Å²) in [7, 11) is 0. The van der Waals surface area contributed by atoms with Crippen molar-refractivity contribution in [3.63, 3.8) is 0 Å². The van der Waals surface area contributed by atoms with Gasteiger partial charge in [-0.2, -0.15) is 0 Å². The largest absolute Gasteiger partial charge is 0.386 e. The van der Waals surface area contributed by atoms with Gasteiger partial charge < -0.3 is 5.11 Å². The first-order valence-electron chi connectivity index (χ1n) is 6.74. The molecule has 3 atom stereocenters. The van der Waals surface area contributed by atoms with Crippen LogP contribution >= 0.6 is 0 Å². The fourth-order valence-corrected chi connectivity index (χ4v) is 3.52. The first-order chi connectivity index (χ1) is 7.75. The molecule has 2 aliphatic rings. The van der Waals surface area contributed by atoms with Crippen molar-refractivity contribution >= 4 is 5.78 Å². The monoisotopic (exact) mass is 236 g/mol. The molecular weight excluding hydrogens is 212 g/mol. The second-order valence-corrected chi connectivity index (χ2v) is 6.64. The third-order valence-corrected chi connectivity index (χ3v) is 4.98. The average Bonchev–Trinajstić information content (AvgIpc) is 2.19. The highest BCUT2D eigenvalue weighted by atomic mass is 16.3. The zero-order chi connectivity index (χ0) is 12.8. The van der Waals surface area contributed by atoms with E-state index in [0.29, 0.717) is 23.8 Å². The summed E-state index contributed by atoms with van der Waals surface area (Å²) in [5.74, 6) is 1.23. The molecule has 0 heterocycles. The maximum Gasteiger partial charge on any atom is 0.161 e. The number of allylic oxidation sites excluding steroid dienone is 1. The molecule has 17 heavy (non-hydrogen) atoms. The molecule has 2 aliphatic carbocycles. The number of carbonyl (C=O) groups excluding carboxylic acids is 1. The molecule has 0 radical (unpaired) electrons. The van der Waals surface area contributed by atoms with Crippen molar-refractivity contribution in [2.24, 2.45) is 17.3 Å². The first kappa shape index (κ1) is 12.8. The Labute approximate surface area is 104 Å². The van der Waals surface area contributed by atoms with E-state index in [1.54, 1.807) is 13.8 Å². The molecule has 0 unspecified atom stereocenters. The van der Waals surface area contributed by atoms with E-state index >= 15 is 0 Å². The third-order valence-electron chi connectivity index (χ3n) is 4.98. The van der Waals surface area contributed by atoms with Crippen LogP contribution in [0.4, 0.5) is 0 Å². The quantitative estimate of drug-likeness (QED) is 0.759. The summed E-state index contributed by atoms with van der Waals surface area (Å²) >= 11 is 0. The van der Waals surface area contributed by atoms with Gasteiger partial charge in [0.15, 0.2) is 5.78 Å². The third kappa shape index (κ3) is 2.08. The van der Waals surface area contributed by atoms with E-state index in [1.807, 2.05) is 0 Å². The Morgan fingerprint density at radius 1 is 1.41 bits per heavy atom. The summed E-state index contributed by atoms with van der Waals surface area (Å²) in [6.07, 6.45) is 6.34. The lowest BCUT2D eigenvalue weighted by Crippen LogP contribution is -2.44. The van der Waals surface area contributed by atoms with E-state index < -0.39 is 5.60 Å². The Morgan fingerprint density at radius 3 is 2.65 bits per heavy atom. The second-order valence-electron chi connectivity index (χ2n) is 6.64. The minimum atomic E-state index is -0.998. The summed E-state index contributed by atoms with van der Waals surface area (Å²) in [6, 6.07) is 0. The van der Waals surface area contributed by atoms with Gasteiger partial charge in [0.05, 0.1) is 5.60 Å². The number of rotatable bonds is 1. The maximum atomic E-state index is 12.1. The summed E-state index contributed by atoms with van der Waals surface area (Å²) in [5, 5.41) is 10.1.